The molecule has 0 aromatic carbocycles. The Morgan fingerprint density at radius 3 is 2.67 bits per heavy atom. The van der Waals surface area contributed by atoms with Gasteiger partial charge in [-0.25, -0.2) is 0 Å². The van der Waals surface area contributed by atoms with Crippen LogP contribution in [0.2, 0.25) is 0 Å². The van der Waals surface area contributed by atoms with Gasteiger partial charge in [0.05, 0.1) is 11.8 Å². The lowest BCUT2D eigenvalue weighted by molar-refractivity contribution is 0.141. The molecule has 2 unspecified atom stereocenters. The zero-order chi connectivity index (χ0) is 11.4. The molecule has 1 aromatic heterocycles. The van der Waals surface area contributed by atoms with E-state index < -0.39 is 6.10 Å². The van der Waals surface area contributed by atoms with Crippen LogP contribution in [0, 0.1) is 5.92 Å². The first-order valence-corrected chi connectivity index (χ1v) is 6.62. The summed E-state index contributed by atoms with van der Waals surface area (Å²) in [5, 5.41) is 9.99. The van der Waals surface area contributed by atoms with Crippen LogP contribution in [0.25, 0.3) is 0 Å². The second kappa shape index (κ2) is 5.97. The van der Waals surface area contributed by atoms with Gasteiger partial charge in [-0.3, -0.25) is 4.98 Å². The van der Waals surface area contributed by atoms with E-state index in [1.807, 2.05) is 6.07 Å². The molecule has 1 N–H and O–H groups in total. The summed E-state index contributed by atoms with van der Waals surface area (Å²) in [6.07, 6.45) is 3.05. The molecule has 0 radical (unpaired) electrons. The Morgan fingerprint density at radius 1 is 1.47 bits per heavy atom. The zero-order valence-corrected chi connectivity index (χ0v) is 12.0. The van der Waals surface area contributed by atoms with Gasteiger partial charge in [0.2, 0.25) is 0 Å². The van der Waals surface area contributed by atoms with Gasteiger partial charge in [-0.05, 0) is 50.3 Å². The maximum atomic E-state index is 9.99. The number of rotatable bonds is 4. The molecule has 0 bridgehead atoms. The standard InChI is InChI=1S/C11H15Br2NO/c1-3-7(2)4-10(15)11-9(13)5-8(12)6-14-11/h5-7,10,15H,3-4H2,1-2H3. The lowest BCUT2D eigenvalue weighted by Gasteiger charge is -2.15. The van der Waals surface area contributed by atoms with E-state index in [4.69, 9.17) is 0 Å². The first kappa shape index (κ1) is 13.1. The highest BCUT2D eigenvalue weighted by atomic mass is 79.9. The summed E-state index contributed by atoms with van der Waals surface area (Å²) in [5.41, 5.74) is 0.721. The van der Waals surface area contributed by atoms with Gasteiger partial charge >= 0.3 is 0 Å². The monoisotopic (exact) mass is 335 g/mol. The molecule has 0 aliphatic carbocycles. The summed E-state index contributed by atoms with van der Waals surface area (Å²) in [5.74, 6) is 0.511. The average molecular weight is 337 g/mol. The number of hydrogen-bond acceptors (Lipinski definition) is 2. The van der Waals surface area contributed by atoms with Crippen LogP contribution in [0.15, 0.2) is 21.2 Å². The van der Waals surface area contributed by atoms with Gasteiger partial charge < -0.3 is 5.11 Å². The molecule has 0 saturated heterocycles. The maximum absolute atomic E-state index is 9.99. The van der Waals surface area contributed by atoms with Crippen LogP contribution in [-0.2, 0) is 0 Å². The SMILES string of the molecule is CCC(C)CC(O)c1ncc(Br)cc1Br. The quantitative estimate of drug-likeness (QED) is 0.898. The van der Waals surface area contributed by atoms with Crippen molar-refractivity contribution in [2.75, 3.05) is 0 Å². The molecule has 0 saturated carbocycles. The molecule has 0 aliphatic heterocycles. The minimum Gasteiger partial charge on any atom is -0.387 e. The lowest BCUT2D eigenvalue weighted by Crippen LogP contribution is -2.06. The van der Waals surface area contributed by atoms with E-state index in [-0.39, 0.29) is 0 Å². The molecule has 0 aliphatic rings. The molecule has 1 aromatic rings. The van der Waals surface area contributed by atoms with Crippen molar-refractivity contribution in [3.05, 3.63) is 26.9 Å². The average Bonchev–Trinajstić information content (AvgIpc) is 2.17. The lowest BCUT2D eigenvalue weighted by atomic mass is 9.99. The predicted molar refractivity (Wildman–Crippen MR) is 68.7 cm³/mol. The Hall–Kier alpha value is 0.0700. The fraction of sp³-hybridized carbons (Fsp3) is 0.545. The topological polar surface area (TPSA) is 33.1 Å². The van der Waals surface area contributed by atoms with Gasteiger partial charge in [0.15, 0.2) is 0 Å². The summed E-state index contributed by atoms with van der Waals surface area (Å²) in [6.45, 7) is 4.26. The Labute approximate surface area is 107 Å². The summed E-state index contributed by atoms with van der Waals surface area (Å²) >= 11 is 6.74. The zero-order valence-electron chi connectivity index (χ0n) is 8.87. The molecule has 15 heavy (non-hydrogen) atoms. The van der Waals surface area contributed by atoms with Crippen molar-refractivity contribution in [1.29, 1.82) is 0 Å². The summed E-state index contributed by atoms with van der Waals surface area (Å²) in [4.78, 5) is 4.22. The number of nitrogens with zero attached hydrogens (tertiary/aromatic N) is 1. The minimum atomic E-state index is -0.484. The van der Waals surface area contributed by atoms with E-state index in [1.54, 1.807) is 6.20 Å². The molecule has 4 heteroatoms. The van der Waals surface area contributed by atoms with E-state index >= 15 is 0 Å². The fourth-order valence-corrected chi connectivity index (χ4v) is 2.58. The summed E-state index contributed by atoms with van der Waals surface area (Å²) < 4.78 is 1.77. The van der Waals surface area contributed by atoms with E-state index in [2.05, 4.69) is 50.7 Å². The highest BCUT2D eigenvalue weighted by Gasteiger charge is 2.15. The van der Waals surface area contributed by atoms with Crippen molar-refractivity contribution < 1.29 is 5.11 Å². The smallest absolute Gasteiger partial charge is 0.0973 e. The first-order valence-electron chi connectivity index (χ1n) is 5.03. The molecule has 2 nitrogen and oxygen atoms in total. The van der Waals surface area contributed by atoms with Crippen molar-refractivity contribution >= 4 is 31.9 Å². The number of halogens is 2. The Morgan fingerprint density at radius 2 is 2.13 bits per heavy atom. The van der Waals surface area contributed by atoms with E-state index in [0.717, 1.165) is 27.5 Å². The Bertz CT molecular complexity index is 330. The molecule has 0 spiro atoms. The largest absolute Gasteiger partial charge is 0.387 e. The third-order valence-electron chi connectivity index (χ3n) is 2.47. The van der Waals surface area contributed by atoms with Crippen LogP contribution in [0.4, 0.5) is 0 Å². The van der Waals surface area contributed by atoms with Crippen molar-refractivity contribution in [1.82, 2.24) is 4.98 Å². The van der Waals surface area contributed by atoms with E-state index in [9.17, 15) is 5.11 Å². The second-order valence-electron chi connectivity index (χ2n) is 3.79. The first-order chi connectivity index (χ1) is 7.04. The van der Waals surface area contributed by atoms with Crippen molar-refractivity contribution in [2.45, 2.75) is 32.8 Å². The van der Waals surface area contributed by atoms with Crippen LogP contribution in [0.1, 0.15) is 38.5 Å². The summed E-state index contributed by atoms with van der Waals surface area (Å²) in [6, 6.07) is 1.90. The van der Waals surface area contributed by atoms with E-state index in [0.29, 0.717) is 5.92 Å². The normalized spacial score (nSPS) is 15.0. The maximum Gasteiger partial charge on any atom is 0.0973 e. The third kappa shape index (κ3) is 3.85. The molecule has 2 atom stereocenters. The number of pyridine rings is 1. The fourth-order valence-electron chi connectivity index (χ4n) is 1.33. The van der Waals surface area contributed by atoms with Crippen LogP contribution >= 0.6 is 31.9 Å². The number of hydrogen-bond donors (Lipinski definition) is 1. The third-order valence-corrected chi connectivity index (χ3v) is 3.54. The molecular formula is C11H15Br2NO. The molecule has 1 heterocycles. The second-order valence-corrected chi connectivity index (χ2v) is 5.56. The number of aliphatic hydroxyl groups is 1. The number of aromatic nitrogens is 1. The van der Waals surface area contributed by atoms with Gasteiger partial charge in [-0.2, -0.15) is 0 Å². The minimum absolute atomic E-state index is 0.484. The Kier molecular flexibility index (Phi) is 5.23. The predicted octanol–water partition coefficient (Wildman–Crippen LogP) is 4.08. The highest BCUT2D eigenvalue weighted by molar-refractivity contribution is 9.11. The van der Waals surface area contributed by atoms with Gasteiger partial charge in [0, 0.05) is 15.1 Å². The van der Waals surface area contributed by atoms with Crippen LogP contribution < -0.4 is 0 Å². The van der Waals surface area contributed by atoms with E-state index in [1.165, 1.54) is 0 Å². The van der Waals surface area contributed by atoms with Crippen molar-refractivity contribution in [2.24, 2.45) is 5.92 Å². The van der Waals surface area contributed by atoms with Crippen molar-refractivity contribution in [3.63, 3.8) is 0 Å². The van der Waals surface area contributed by atoms with Gasteiger partial charge in [0.1, 0.15) is 0 Å². The van der Waals surface area contributed by atoms with Crippen LogP contribution in [-0.4, -0.2) is 10.1 Å². The van der Waals surface area contributed by atoms with Crippen LogP contribution in [0.5, 0.6) is 0 Å². The van der Waals surface area contributed by atoms with Gasteiger partial charge in [0.25, 0.3) is 0 Å². The van der Waals surface area contributed by atoms with Gasteiger partial charge in [-0.1, -0.05) is 20.3 Å². The molecule has 84 valence electrons. The van der Waals surface area contributed by atoms with Crippen LogP contribution in [0.3, 0.4) is 0 Å². The summed E-state index contributed by atoms with van der Waals surface area (Å²) in [7, 11) is 0. The highest BCUT2D eigenvalue weighted by Crippen LogP contribution is 2.28. The molecule has 0 fully saturated rings. The molecule has 0 amide bonds. The number of aliphatic hydroxyl groups excluding tert-OH is 1. The molecule has 1 rings (SSSR count). The van der Waals surface area contributed by atoms with Crippen molar-refractivity contribution in [3.8, 4) is 0 Å². The van der Waals surface area contributed by atoms with Gasteiger partial charge in [-0.15, -0.1) is 0 Å². The molecular weight excluding hydrogens is 322 g/mol. The Balaban J connectivity index is 2.77.